The van der Waals surface area contributed by atoms with Crippen LogP contribution in [-0.2, 0) is 16.6 Å². The van der Waals surface area contributed by atoms with Gasteiger partial charge >= 0.3 is 0 Å². The van der Waals surface area contributed by atoms with E-state index in [1.807, 2.05) is 24.9 Å². The first-order chi connectivity index (χ1) is 11.6. The molecule has 2 amide bonds. The molecule has 0 unspecified atom stereocenters. The van der Waals surface area contributed by atoms with Crippen LogP contribution in [0.1, 0.15) is 44.0 Å². The molecule has 130 valence electrons. The number of carbonyl (C=O) groups is 2. The third-order valence-corrected chi connectivity index (χ3v) is 5.92. The molecule has 6 heteroatoms. The highest BCUT2D eigenvalue weighted by atomic mass is 16.2. The molecule has 1 aliphatic heterocycles. The molecule has 1 N–H and O–H groups in total. The number of aryl methyl sites for hydroxylation is 1. The van der Waals surface area contributed by atoms with E-state index in [4.69, 9.17) is 0 Å². The number of carbonyl (C=O) groups excluding carboxylic acids is 2. The number of rotatable bonds is 6. The number of hydrogen-bond acceptors (Lipinski definition) is 3. The van der Waals surface area contributed by atoms with Crippen molar-refractivity contribution in [2.75, 3.05) is 13.6 Å². The van der Waals surface area contributed by atoms with E-state index in [1.165, 1.54) is 25.7 Å². The van der Waals surface area contributed by atoms with Gasteiger partial charge in [-0.25, -0.2) is 4.98 Å². The first-order valence-corrected chi connectivity index (χ1v) is 9.07. The maximum Gasteiger partial charge on any atom is 0.223 e. The minimum Gasteiger partial charge on any atom is -0.355 e. The van der Waals surface area contributed by atoms with Crippen molar-refractivity contribution in [3.63, 3.8) is 0 Å². The van der Waals surface area contributed by atoms with E-state index < -0.39 is 0 Å². The molecule has 0 aromatic carbocycles. The van der Waals surface area contributed by atoms with Gasteiger partial charge in [-0.3, -0.25) is 9.59 Å². The summed E-state index contributed by atoms with van der Waals surface area (Å²) in [5.74, 6) is 2.75. The van der Waals surface area contributed by atoms with E-state index in [1.54, 1.807) is 11.1 Å². The largest absolute Gasteiger partial charge is 0.355 e. The van der Waals surface area contributed by atoms with Gasteiger partial charge in [-0.2, -0.15) is 0 Å². The Bertz CT molecular complexity index is 635. The number of nitrogens with zero attached hydrogens (tertiary/aromatic N) is 3. The Morgan fingerprint density at radius 2 is 1.96 bits per heavy atom. The first kappa shape index (κ1) is 15.7. The molecule has 24 heavy (non-hydrogen) atoms. The summed E-state index contributed by atoms with van der Waals surface area (Å²) in [7, 11) is 3.78. The van der Waals surface area contributed by atoms with Crippen molar-refractivity contribution < 1.29 is 9.59 Å². The van der Waals surface area contributed by atoms with Crippen LogP contribution in [0, 0.1) is 23.7 Å². The third kappa shape index (κ3) is 2.82. The first-order valence-electron chi connectivity index (χ1n) is 9.07. The molecule has 2 aliphatic carbocycles. The van der Waals surface area contributed by atoms with Crippen LogP contribution in [0.15, 0.2) is 12.4 Å². The molecule has 2 heterocycles. The fourth-order valence-corrected chi connectivity index (χ4v) is 4.25. The smallest absolute Gasteiger partial charge is 0.223 e. The fourth-order valence-electron chi connectivity index (χ4n) is 4.25. The van der Waals surface area contributed by atoms with E-state index in [0.29, 0.717) is 24.8 Å². The molecule has 0 spiro atoms. The zero-order valence-corrected chi connectivity index (χ0v) is 14.4. The predicted molar refractivity (Wildman–Crippen MR) is 88.8 cm³/mol. The number of aromatic nitrogens is 2. The minimum absolute atomic E-state index is 0.0573. The molecule has 2 atom stereocenters. The number of amides is 2. The maximum atomic E-state index is 12.7. The highest BCUT2D eigenvalue weighted by Gasteiger charge is 2.46. The molecular formula is C18H26N4O2. The lowest BCUT2D eigenvalue weighted by atomic mass is 9.95. The monoisotopic (exact) mass is 330 g/mol. The van der Waals surface area contributed by atoms with Crippen LogP contribution < -0.4 is 5.32 Å². The Morgan fingerprint density at radius 3 is 2.50 bits per heavy atom. The summed E-state index contributed by atoms with van der Waals surface area (Å²) < 4.78 is 1.96. The van der Waals surface area contributed by atoms with Crippen molar-refractivity contribution in [2.24, 2.45) is 30.7 Å². The SMILES string of the molecule is CN1C(=O)C[C@@H](CNC(=O)C(C2CC2)C2CC2)[C@@H]1c1nccn1C. The van der Waals surface area contributed by atoms with Crippen molar-refractivity contribution in [2.45, 2.75) is 38.1 Å². The van der Waals surface area contributed by atoms with Crippen molar-refractivity contribution in [1.82, 2.24) is 19.8 Å². The van der Waals surface area contributed by atoms with Crippen LogP contribution in [0.2, 0.25) is 0 Å². The Labute approximate surface area is 142 Å². The van der Waals surface area contributed by atoms with Crippen LogP contribution in [0.25, 0.3) is 0 Å². The molecule has 0 bridgehead atoms. The highest BCUT2D eigenvalue weighted by molar-refractivity contribution is 5.81. The van der Waals surface area contributed by atoms with Crippen LogP contribution in [0.4, 0.5) is 0 Å². The molecule has 3 aliphatic rings. The number of hydrogen-bond donors (Lipinski definition) is 1. The maximum absolute atomic E-state index is 12.7. The summed E-state index contributed by atoms with van der Waals surface area (Å²) in [6, 6.07) is -0.0573. The standard InChI is InChI=1S/C18H26N4O2/c1-21-8-7-19-17(21)16-13(9-14(23)22(16)2)10-20-18(24)15(11-3-4-11)12-5-6-12/h7-8,11-13,15-16H,3-6,9-10H2,1-2H3,(H,20,24)/t13-,16+/m0/s1. The highest BCUT2D eigenvalue weighted by Crippen LogP contribution is 2.49. The number of nitrogens with one attached hydrogen (secondary N) is 1. The fraction of sp³-hybridized carbons (Fsp3) is 0.722. The zero-order chi connectivity index (χ0) is 16.8. The molecule has 4 rings (SSSR count). The topological polar surface area (TPSA) is 67.2 Å². The summed E-state index contributed by atoms with van der Waals surface area (Å²) in [5.41, 5.74) is 0. The summed E-state index contributed by atoms with van der Waals surface area (Å²) >= 11 is 0. The molecular weight excluding hydrogens is 304 g/mol. The quantitative estimate of drug-likeness (QED) is 0.859. The normalized spacial score (nSPS) is 27.1. The molecule has 3 fully saturated rings. The second kappa shape index (κ2) is 5.90. The van der Waals surface area contributed by atoms with E-state index in [-0.39, 0.29) is 29.7 Å². The Hall–Kier alpha value is -1.85. The summed E-state index contributed by atoms with van der Waals surface area (Å²) in [5, 5.41) is 3.17. The van der Waals surface area contributed by atoms with E-state index in [9.17, 15) is 9.59 Å². The average molecular weight is 330 g/mol. The Kier molecular flexibility index (Phi) is 3.85. The van der Waals surface area contributed by atoms with Crippen LogP contribution in [-0.4, -0.2) is 39.9 Å². The van der Waals surface area contributed by atoms with Crippen molar-refractivity contribution in [3.05, 3.63) is 18.2 Å². The second-order valence-electron chi connectivity index (χ2n) is 7.76. The van der Waals surface area contributed by atoms with Gasteiger partial charge in [0.05, 0.1) is 6.04 Å². The van der Waals surface area contributed by atoms with Gasteiger partial charge in [0.1, 0.15) is 5.82 Å². The van der Waals surface area contributed by atoms with Gasteiger partial charge in [-0.15, -0.1) is 0 Å². The van der Waals surface area contributed by atoms with Crippen LogP contribution in [0.3, 0.4) is 0 Å². The van der Waals surface area contributed by atoms with Crippen LogP contribution in [0.5, 0.6) is 0 Å². The predicted octanol–water partition coefficient (Wildman–Crippen LogP) is 1.49. The zero-order valence-electron chi connectivity index (χ0n) is 14.4. The number of imidazole rings is 1. The van der Waals surface area contributed by atoms with Gasteiger partial charge < -0.3 is 14.8 Å². The molecule has 2 saturated carbocycles. The lowest BCUT2D eigenvalue weighted by Crippen LogP contribution is -2.38. The molecule has 1 saturated heterocycles. The molecule has 6 nitrogen and oxygen atoms in total. The second-order valence-corrected chi connectivity index (χ2v) is 7.76. The van der Waals surface area contributed by atoms with Crippen LogP contribution >= 0.6 is 0 Å². The van der Waals surface area contributed by atoms with Gasteiger partial charge in [-0.1, -0.05) is 0 Å². The van der Waals surface area contributed by atoms with Gasteiger partial charge in [-0.05, 0) is 37.5 Å². The minimum atomic E-state index is -0.0573. The molecule has 0 radical (unpaired) electrons. The van der Waals surface area contributed by atoms with Gasteiger partial charge in [0, 0.05) is 51.3 Å². The third-order valence-electron chi connectivity index (χ3n) is 5.92. The summed E-state index contributed by atoms with van der Waals surface area (Å²) in [4.78, 5) is 31.1. The lowest BCUT2D eigenvalue weighted by Gasteiger charge is -2.25. The Morgan fingerprint density at radius 1 is 1.29 bits per heavy atom. The summed E-state index contributed by atoms with van der Waals surface area (Å²) in [6.07, 6.45) is 8.95. The van der Waals surface area contributed by atoms with Crippen molar-refractivity contribution in [3.8, 4) is 0 Å². The van der Waals surface area contributed by atoms with Gasteiger partial charge in [0.2, 0.25) is 11.8 Å². The van der Waals surface area contributed by atoms with E-state index in [2.05, 4.69) is 10.3 Å². The average Bonchev–Trinajstić information content (AvgIpc) is 3.47. The van der Waals surface area contributed by atoms with E-state index >= 15 is 0 Å². The van der Waals surface area contributed by atoms with Crippen molar-refractivity contribution >= 4 is 11.8 Å². The Balaban J connectivity index is 1.43. The van der Waals surface area contributed by atoms with Gasteiger partial charge in [0.25, 0.3) is 0 Å². The summed E-state index contributed by atoms with van der Waals surface area (Å²) in [6.45, 7) is 0.558. The van der Waals surface area contributed by atoms with Crippen molar-refractivity contribution in [1.29, 1.82) is 0 Å². The molecule has 1 aromatic rings. The van der Waals surface area contributed by atoms with E-state index in [0.717, 1.165) is 5.82 Å². The number of likely N-dealkylation sites (tertiary alicyclic amines) is 1. The lowest BCUT2D eigenvalue weighted by molar-refractivity contribution is -0.128. The van der Waals surface area contributed by atoms with Gasteiger partial charge in [0.15, 0.2) is 0 Å². The molecule has 1 aromatic heterocycles.